The highest BCUT2D eigenvalue weighted by atomic mass is 16.5. The van der Waals surface area contributed by atoms with Gasteiger partial charge in [-0.25, -0.2) is 5.43 Å². The molecule has 1 aliphatic heterocycles. The molecule has 0 aromatic heterocycles. The Morgan fingerprint density at radius 2 is 1.59 bits per heavy atom. The zero-order valence-electron chi connectivity index (χ0n) is 17.1. The van der Waals surface area contributed by atoms with Gasteiger partial charge in [0.1, 0.15) is 18.0 Å². The maximum Gasteiger partial charge on any atom is 0.260 e. The summed E-state index contributed by atoms with van der Waals surface area (Å²) in [6.07, 6.45) is 1.55. The van der Waals surface area contributed by atoms with E-state index in [4.69, 9.17) is 4.74 Å². The van der Waals surface area contributed by atoms with E-state index in [1.807, 2.05) is 84.9 Å². The Morgan fingerprint density at radius 3 is 2.38 bits per heavy atom. The smallest absolute Gasteiger partial charge is 0.260 e. The minimum absolute atomic E-state index is 0.103. The number of hydrogen-bond acceptors (Lipinski definition) is 4. The summed E-state index contributed by atoms with van der Waals surface area (Å²) >= 11 is 0. The molecule has 156 valence electrons. The molecule has 4 aromatic rings. The van der Waals surface area contributed by atoms with E-state index in [0.29, 0.717) is 11.3 Å². The third-order valence-electron chi connectivity index (χ3n) is 5.21. The van der Waals surface area contributed by atoms with Crippen LogP contribution in [0.3, 0.4) is 0 Å². The molecule has 0 aliphatic carbocycles. The van der Waals surface area contributed by atoms with E-state index < -0.39 is 0 Å². The Bertz CT molecular complexity index is 1330. The lowest BCUT2D eigenvalue weighted by atomic mass is 10.1. The minimum atomic E-state index is -0.372. The molecule has 6 nitrogen and oxygen atoms in total. The SMILES string of the molecule is O=C(CN1C(=O)c2cccc3cccc1c23)N/N=C\c1ccc(Oc2ccccc2)cc1. The van der Waals surface area contributed by atoms with Crippen molar-refractivity contribution in [3.8, 4) is 11.5 Å². The van der Waals surface area contributed by atoms with E-state index in [0.717, 1.165) is 27.8 Å². The number of anilines is 1. The fourth-order valence-corrected chi connectivity index (χ4v) is 3.74. The van der Waals surface area contributed by atoms with Crippen LogP contribution < -0.4 is 15.1 Å². The molecule has 0 spiro atoms. The highest BCUT2D eigenvalue weighted by molar-refractivity contribution is 6.26. The fourth-order valence-electron chi connectivity index (χ4n) is 3.74. The molecule has 32 heavy (non-hydrogen) atoms. The summed E-state index contributed by atoms with van der Waals surface area (Å²) in [5, 5.41) is 5.88. The number of benzene rings is 4. The van der Waals surface area contributed by atoms with Gasteiger partial charge in [-0.3, -0.25) is 14.5 Å². The van der Waals surface area contributed by atoms with Crippen LogP contribution in [0.2, 0.25) is 0 Å². The topological polar surface area (TPSA) is 71.0 Å². The van der Waals surface area contributed by atoms with Gasteiger partial charge in [0.2, 0.25) is 0 Å². The van der Waals surface area contributed by atoms with Gasteiger partial charge in [-0.2, -0.15) is 5.10 Å². The standard InChI is InChI=1S/C26H19N3O3/c30-24(17-29-23-11-5-7-19-6-4-10-22(25(19)23)26(29)31)28-27-16-18-12-14-21(15-13-18)32-20-8-2-1-3-9-20/h1-16H,17H2,(H,28,30)/b27-16-. The highest BCUT2D eigenvalue weighted by Crippen LogP contribution is 2.36. The number of hydrogen-bond donors (Lipinski definition) is 1. The summed E-state index contributed by atoms with van der Waals surface area (Å²) in [5.41, 5.74) is 4.67. The molecule has 6 heteroatoms. The predicted octanol–water partition coefficient (Wildman–Crippen LogP) is 4.74. The summed E-state index contributed by atoms with van der Waals surface area (Å²) in [5.74, 6) is 0.919. The lowest BCUT2D eigenvalue weighted by Crippen LogP contribution is -2.37. The summed E-state index contributed by atoms with van der Waals surface area (Å²) in [4.78, 5) is 26.7. The first kappa shape index (κ1) is 19.5. The molecule has 0 atom stereocenters. The molecule has 0 saturated carbocycles. The molecule has 0 fully saturated rings. The van der Waals surface area contributed by atoms with Crippen molar-refractivity contribution in [1.29, 1.82) is 0 Å². The van der Waals surface area contributed by atoms with Crippen molar-refractivity contribution in [3.63, 3.8) is 0 Å². The number of rotatable bonds is 6. The Hall–Kier alpha value is -4.45. The van der Waals surface area contributed by atoms with Gasteiger partial charge < -0.3 is 4.74 Å². The average Bonchev–Trinajstić information content (AvgIpc) is 3.09. The second kappa shape index (κ2) is 8.35. The molecule has 0 bridgehead atoms. The van der Waals surface area contributed by atoms with E-state index in [1.165, 1.54) is 4.90 Å². The second-order valence-corrected chi connectivity index (χ2v) is 7.35. The summed E-state index contributed by atoms with van der Waals surface area (Å²) in [6.45, 7) is -0.103. The van der Waals surface area contributed by atoms with E-state index in [2.05, 4.69) is 10.5 Å². The number of nitrogens with one attached hydrogen (secondary N) is 1. The molecule has 2 amide bonds. The Labute approximate surface area is 184 Å². The van der Waals surface area contributed by atoms with Crippen molar-refractivity contribution >= 4 is 34.5 Å². The van der Waals surface area contributed by atoms with E-state index in [1.54, 1.807) is 12.3 Å². The predicted molar refractivity (Wildman–Crippen MR) is 124 cm³/mol. The van der Waals surface area contributed by atoms with E-state index >= 15 is 0 Å². The normalized spacial score (nSPS) is 12.5. The highest BCUT2D eigenvalue weighted by Gasteiger charge is 2.30. The molecular weight excluding hydrogens is 402 g/mol. The lowest BCUT2D eigenvalue weighted by Gasteiger charge is -2.16. The first-order valence-corrected chi connectivity index (χ1v) is 10.2. The maximum absolute atomic E-state index is 12.8. The van der Waals surface area contributed by atoms with Crippen molar-refractivity contribution in [2.24, 2.45) is 5.10 Å². The molecule has 4 aromatic carbocycles. The third-order valence-corrected chi connectivity index (χ3v) is 5.21. The van der Waals surface area contributed by atoms with Gasteiger partial charge in [0.05, 0.1) is 11.9 Å². The van der Waals surface area contributed by atoms with Crippen LogP contribution in [0.5, 0.6) is 11.5 Å². The molecular formula is C26H19N3O3. The van der Waals surface area contributed by atoms with Gasteiger partial charge in [0, 0.05) is 10.9 Å². The molecule has 0 unspecified atom stereocenters. The Kier molecular flexibility index (Phi) is 5.09. The molecule has 1 N–H and O–H groups in total. The van der Waals surface area contributed by atoms with Crippen molar-refractivity contribution in [1.82, 2.24) is 5.43 Å². The average molecular weight is 421 g/mol. The van der Waals surface area contributed by atoms with Crippen LogP contribution in [-0.2, 0) is 4.79 Å². The monoisotopic (exact) mass is 421 g/mol. The molecule has 1 aliphatic rings. The zero-order chi connectivity index (χ0) is 21.9. The number of carbonyl (C=O) groups is 2. The molecule has 0 saturated heterocycles. The number of para-hydroxylation sites is 1. The maximum atomic E-state index is 12.8. The largest absolute Gasteiger partial charge is 0.457 e. The third kappa shape index (κ3) is 3.81. The summed E-state index contributed by atoms with van der Waals surface area (Å²) in [6, 6.07) is 28.2. The number of nitrogens with zero attached hydrogens (tertiary/aromatic N) is 2. The Morgan fingerprint density at radius 1 is 0.875 bits per heavy atom. The molecule has 0 radical (unpaired) electrons. The van der Waals surface area contributed by atoms with E-state index in [-0.39, 0.29) is 18.4 Å². The van der Waals surface area contributed by atoms with E-state index in [9.17, 15) is 9.59 Å². The van der Waals surface area contributed by atoms with Crippen molar-refractivity contribution in [2.75, 3.05) is 11.4 Å². The van der Waals surface area contributed by atoms with Crippen LogP contribution in [0.4, 0.5) is 5.69 Å². The number of amides is 2. The number of ether oxygens (including phenoxy) is 1. The van der Waals surface area contributed by atoms with Crippen LogP contribution in [0.15, 0.2) is 96.1 Å². The van der Waals surface area contributed by atoms with Crippen LogP contribution in [0.1, 0.15) is 15.9 Å². The van der Waals surface area contributed by atoms with Crippen molar-refractivity contribution < 1.29 is 14.3 Å². The lowest BCUT2D eigenvalue weighted by molar-refractivity contribution is -0.119. The number of carbonyl (C=O) groups excluding carboxylic acids is 2. The van der Waals surface area contributed by atoms with Gasteiger partial charge >= 0.3 is 0 Å². The van der Waals surface area contributed by atoms with Gasteiger partial charge in [0.25, 0.3) is 11.8 Å². The minimum Gasteiger partial charge on any atom is -0.457 e. The first-order valence-electron chi connectivity index (χ1n) is 10.2. The number of hydrazone groups is 1. The summed E-state index contributed by atoms with van der Waals surface area (Å²) in [7, 11) is 0. The molecule has 5 rings (SSSR count). The van der Waals surface area contributed by atoms with Crippen LogP contribution in [0.25, 0.3) is 10.8 Å². The van der Waals surface area contributed by atoms with Crippen LogP contribution >= 0.6 is 0 Å². The fraction of sp³-hybridized carbons (Fsp3) is 0.0385. The molecule has 1 heterocycles. The van der Waals surface area contributed by atoms with Crippen LogP contribution in [0, 0.1) is 0 Å². The van der Waals surface area contributed by atoms with Crippen LogP contribution in [-0.4, -0.2) is 24.6 Å². The second-order valence-electron chi connectivity index (χ2n) is 7.35. The van der Waals surface area contributed by atoms with Crippen molar-refractivity contribution in [2.45, 2.75) is 0 Å². The van der Waals surface area contributed by atoms with Crippen molar-refractivity contribution in [3.05, 3.63) is 102 Å². The van der Waals surface area contributed by atoms with Gasteiger partial charge in [-0.15, -0.1) is 0 Å². The summed E-state index contributed by atoms with van der Waals surface area (Å²) < 4.78 is 5.76. The Balaban J connectivity index is 1.20. The van der Waals surface area contributed by atoms with Gasteiger partial charge in [-0.05, 0) is 59.5 Å². The van der Waals surface area contributed by atoms with Gasteiger partial charge in [-0.1, -0.05) is 42.5 Å². The zero-order valence-corrected chi connectivity index (χ0v) is 17.1. The van der Waals surface area contributed by atoms with Gasteiger partial charge in [0.15, 0.2) is 0 Å². The quantitative estimate of drug-likeness (QED) is 0.361. The first-order chi connectivity index (χ1) is 15.7.